The number of anilines is 2. The summed E-state index contributed by atoms with van der Waals surface area (Å²) in [5.74, 6) is 0.140. The van der Waals surface area contributed by atoms with E-state index in [9.17, 15) is 10.2 Å². The highest BCUT2D eigenvalue weighted by atomic mass is 16.6. The van der Waals surface area contributed by atoms with Crippen LogP contribution >= 0.6 is 0 Å². The van der Waals surface area contributed by atoms with Gasteiger partial charge in [-0.05, 0) is 0 Å². The number of methoxy groups -OCH3 is 1. The predicted octanol–water partition coefficient (Wildman–Crippen LogP) is -1.73. The standard InChI is InChI=1S/C13H20N6O5/c1-22-2-3-23-9-8(21)6(4-20)24-12(9)19-5-16-7-10(14)17-13(15)18-11(7)19/h5-6,8-9,12,20-21H,2-4H2,1H3,(H4,14,15,17,18)/t6-,8-,9-,12-/m1/s1. The van der Waals surface area contributed by atoms with E-state index < -0.39 is 24.5 Å². The van der Waals surface area contributed by atoms with Gasteiger partial charge in [0.05, 0.1) is 26.1 Å². The fraction of sp³-hybridized carbons (Fsp3) is 0.615. The zero-order valence-electron chi connectivity index (χ0n) is 13.1. The summed E-state index contributed by atoms with van der Waals surface area (Å²) in [7, 11) is 1.55. The minimum absolute atomic E-state index is 0.00384. The fourth-order valence-electron chi connectivity index (χ4n) is 2.68. The van der Waals surface area contributed by atoms with Crippen molar-refractivity contribution in [1.29, 1.82) is 0 Å². The molecule has 2 aromatic rings. The number of ether oxygens (including phenoxy) is 3. The molecule has 0 amide bonds. The number of aliphatic hydroxyl groups excluding tert-OH is 2. The molecule has 4 atom stereocenters. The maximum Gasteiger partial charge on any atom is 0.224 e. The van der Waals surface area contributed by atoms with Crippen molar-refractivity contribution in [3.63, 3.8) is 0 Å². The Kier molecular flexibility index (Phi) is 4.78. The van der Waals surface area contributed by atoms with Crippen molar-refractivity contribution in [3.8, 4) is 0 Å². The van der Waals surface area contributed by atoms with Crippen LogP contribution in [0.15, 0.2) is 6.33 Å². The molecule has 11 heteroatoms. The van der Waals surface area contributed by atoms with E-state index in [1.807, 2.05) is 0 Å². The van der Waals surface area contributed by atoms with Gasteiger partial charge < -0.3 is 35.9 Å². The number of hydrogen-bond donors (Lipinski definition) is 4. The zero-order chi connectivity index (χ0) is 17.3. The summed E-state index contributed by atoms with van der Waals surface area (Å²) in [5, 5.41) is 19.7. The normalized spacial score (nSPS) is 27.1. The lowest BCUT2D eigenvalue weighted by Gasteiger charge is -2.22. The zero-order valence-corrected chi connectivity index (χ0v) is 13.1. The number of fused-ring (bicyclic) bond motifs is 1. The number of hydrogen-bond acceptors (Lipinski definition) is 10. The van der Waals surface area contributed by atoms with Gasteiger partial charge in [-0.15, -0.1) is 0 Å². The van der Waals surface area contributed by atoms with Crippen molar-refractivity contribution in [1.82, 2.24) is 19.5 Å². The van der Waals surface area contributed by atoms with Crippen LogP contribution in [0.3, 0.4) is 0 Å². The van der Waals surface area contributed by atoms with E-state index in [0.717, 1.165) is 0 Å². The quantitative estimate of drug-likeness (QED) is 0.444. The first-order chi connectivity index (χ1) is 11.6. The van der Waals surface area contributed by atoms with Gasteiger partial charge in [-0.1, -0.05) is 0 Å². The third-order valence-electron chi connectivity index (χ3n) is 3.83. The molecule has 0 radical (unpaired) electrons. The Morgan fingerprint density at radius 2 is 2.12 bits per heavy atom. The number of nitrogens with two attached hydrogens (primary N) is 2. The minimum Gasteiger partial charge on any atom is -0.394 e. The smallest absolute Gasteiger partial charge is 0.224 e. The van der Waals surface area contributed by atoms with Crippen LogP contribution in [0.2, 0.25) is 0 Å². The highest BCUT2D eigenvalue weighted by Crippen LogP contribution is 2.34. The Morgan fingerprint density at radius 1 is 1.33 bits per heavy atom. The first kappa shape index (κ1) is 16.8. The SMILES string of the molecule is COCCO[C@@H]1[C@H](O)[C@@H](CO)O[C@H]1n1cnc2c(N)nc(N)nc21. The van der Waals surface area contributed by atoms with Crippen molar-refractivity contribution in [2.24, 2.45) is 0 Å². The van der Waals surface area contributed by atoms with Crippen LogP contribution in [-0.4, -0.2) is 75.0 Å². The van der Waals surface area contributed by atoms with Crippen molar-refractivity contribution in [3.05, 3.63) is 6.33 Å². The molecule has 0 saturated carbocycles. The molecule has 0 bridgehead atoms. The summed E-state index contributed by atoms with van der Waals surface area (Å²) in [6.07, 6.45) is -1.86. The minimum atomic E-state index is -1.02. The lowest BCUT2D eigenvalue weighted by atomic mass is 10.1. The average Bonchev–Trinajstić information content (AvgIpc) is 3.09. The van der Waals surface area contributed by atoms with Crippen LogP contribution in [0, 0.1) is 0 Å². The van der Waals surface area contributed by atoms with Gasteiger partial charge in [0.25, 0.3) is 0 Å². The summed E-state index contributed by atoms with van der Waals surface area (Å²) in [6.45, 7) is 0.252. The molecule has 0 aromatic carbocycles. The predicted molar refractivity (Wildman–Crippen MR) is 82.8 cm³/mol. The van der Waals surface area contributed by atoms with E-state index in [-0.39, 0.29) is 25.0 Å². The van der Waals surface area contributed by atoms with Crippen LogP contribution in [0.25, 0.3) is 11.2 Å². The summed E-state index contributed by atoms with van der Waals surface area (Å²) >= 11 is 0. The van der Waals surface area contributed by atoms with Crippen molar-refractivity contribution >= 4 is 22.9 Å². The van der Waals surface area contributed by atoms with Crippen molar-refractivity contribution < 1.29 is 24.4 Å². The summed E-state index contributed by atoms with van der Waals surface area (Å²) < 4.78 is 17.9. The van der Waals surface area contributed by atoms with E-state index in [4.69, 9.17) is 25.7 Å². The summed E-state index contributed by atoms with van der Waals surface area (Å²) in [4.78, 5) is 12.2. The topological polar surface area (TPSA) is 164 Å². The molecule has 0 unspecified atom stereocenters. The van der Waals surface area contributed by atoms with Gasteiger partial charge in [-0.2, -0.15) is 9.97 Å². The van der Waals surface area contributed by atoms with E-state index in [1.54, 1.807) is 11.7 Å². The molecular formula is C13H20N6O5. The molecule has 11 nitrogen and oxygen atoms in total. The molecule has 3 heterocycles. The highest BCUT2D eigenvalue weighted by Gasteiger charge is 2.45. The first-order valence-electron chi connectivity index (χ1n) is 7.37. The Bertz CT molecular complexity index is 709. The second-order valence-corrected chi connectivity index (χ2v) is 5.36. The summed E-state index contributed by atoms with van der Waals surface area (Å²) in [5.41, 5.74) is 12.2. The molecule has 6 N–H and O–H groups in total. The molecule has 132 valence electrons. The van der Waals surface area contributed by atoms with Gasteiger partial charge >= 0.3 is 0 Å². The molecule has 1 saturated heterocycles. The second-order valence-electron chi connectivity index (χ2n) is 5.36. The van der Waals surface area contributed by atoms with E-state index >= 15 is 0 Å². The van der Waals surface area contributed by atoms with E-state index in [0.29, 0.717) is 17.8 Å². The number of imidazole rings is 1. The first-order valence-corrected chi connectivity index (χ1v) is 7.37. The molecule has 2 aromatic heterocycles. The van der Waals surface area contributed by atoms with Crippen LogP contribution in [-0.2, 0) is 14.2 Å². The van der Waals surface area contributed by atoms with Crippen LogP contribution < -0.4 is 11.5 Å². The maximum atomic E-state index is 10.3. The fourth-order valence-corrected chi connectivity index (χ4v) is 2.68. The molecule has 1 fully saturated rings. The number of aromatic nitrogens is 4. The second kappa shape index (κ2) is 6.83. The Labute approximate surface area is 137 Å². The number of aliphatic hydroxyl groups is 2. The maximum absolute atomic E-state index is 10.3. The largest absolute Gasteiger partial charge is 0.394 e. The monoisotopic (exact) mass is 340 g/mol. The highest BCUT2D eigenvalue weighted by molar-refractivity contribution is 5.82. The third-order valence-corrected chi connectivity index (χ3v) is 3.83. The molecule has 24 heavy (non-hydrogen) atoms. The lowest BCUT2D eigenvalue weighted by molar-refractivity contribution is -0.0785. The van der Waals surface area contributed by atoms with Gasteiger partial charge in [-0.25, -0.2) is 4.98 Å². The van der Waals surface area contributed by atoms with Crippen LogP contribution in [0.4, 0.5) is 11.8 Å². The molecule has 1 aliphatic heterocycles. The number of nitrogen functional groups attached to an aromatic ring is 2. The van der Waals surface area contributed by atoms with Gasteiger partial charge in [0, 0.05) is 7.11 Å². The molecule has 0 spiro atoms. The van der Waals surface area contributed by atoms with Gasteiger partial charge in [-0.3, -0.25) is 4.57 Å². The molecule has 3 rings (SSSR count). The van der Waals surface area contributed by atoms with E-state index in [2.05, 4.69) is 15.0 Å². The van der Waals surface area contributed by atoms with Crippen LogP contribution in [0.5, 0.6) is 0 Å². The third kappa shape index (κ3) is 2.87. The Morgan fingerprint density at radius 3 is 2.83 bits per heavy atom. The van der Waals surface area contributed by atoms with Crippen molar-refractivity contribution in [2.75, 3.05) is 38.4 Å². The van der Waals surface area contributed by atoms with E-state index in [1.165, 1.54) is 6.33 Å². The van der Waals surface area contributed by atoms with Crippen LogP contribution in [0.1, 0.15) is 6.23 Å². The Hall–Kier alpha value is -2.05. The molecule has 0 aliphatic carbocycles. The molecule has 1 aliphatic rings. The Balaban J connectivity index is 1.96. The molecular weight excluding hydrogens is 320 g/mol. The van der Waals surface area contributed by atoms with Crippen molar-refractivity contribution in [2.45, 2.75) is 24.5 Å². The van der Waals surface area contributed by atoms with Gasteiger partial charge in [0.15, 0.2) is 17.7 Å². The average molecular weight is 340 g/mol. The van der Waals surface area contributed by atoms with Gasteiger partial charge in [0.2, 0.25) is 5.95 Å². The number of nitrogens with zero attached hydrogens (tertiary/aromatic N) is 4. The lowest BCUT2D eigenvalue weighted by Crippen LogP contribution is -2.36. The summed E-state index contributed by atoms with van der Waals surface area (Å²) in [6, 6.07) is 0. The van der Waals surface area contributed by atoms with Gasteiger partial charge in [0.1, 0.15) is 23.8 Å². The number of rotatable bonds is 6.